The van der Waals surface area contributed by atoms with Crippen LogP contribution in [-0.4, -0.2) is 38.2 Å². The summed E-state index contributed by atoms with van der Waals surface area (Å²) < 4.78 is 10.1. The lowest BCUT2D eigenvalue weighted by Gasteiger charge is -2.39. The van der Waals surface area contributed by atoms with Gasteiger partial charge in [0.25, 0.3) is 0 Å². The summed E-state index contributed by atoms with van der Waals surface area (Å²) in [4.78, 5) is 41.7. The SMILES string of the molecule is COC(=O)C1=C(C)NC2=C(C(=O)[C@@H](C(=O)OC)[C@@H](c3cccs3)C2)[C@@H]1c1ccc(SC)cc1. The highest BCUT2D eigenvalue weighted by molar-refractivity contribution is 7.98. The summed E-state index contributed by atoms with van der Waals surface area (Å²) in [6.07, 6.45) is 2.45. The molecule has 3 atom stereocenters. The number of rotatable bonds is 5. The zero-order valence-corrected chi connectivity index (χ0v) is 20.5. The summed E-state index contributed by atoms with van der Waals surface area (Å²) in [5.41, 5.74) is 2.99. The summed E-state index contributed by atoms with van der Waals surface area (Å²) in [5, 5.41) is 5.23. The van der Waals surface area contributed by atoms with Gasteiger partial charge in [-0.1, -0.05) is 18.2 Å². The van der Waals surface area contributed by atoms with Crippen LogP contribution in [0.4, 0.5) is 0 Å². The number of benzene rings is 1. The van der Waals surface area contributed by atoms with Crippen molar-refractivity contribution in [1.29, 1.82) is 0 Å². The minimum absolute atomic E-state index is 0.318. The molecule has 33 heavy (non-hydrogen) atoms. The van der Waals surface area contributed by atoms with Crippen molar-refractivity contribution < 1.29 is 23.9 Å². The van der Waals surface area contributed by atoms with Crippen LogP contribution in [0.2, 0.25) is 0 Å². The third-order valence-corrected chi connectivity index (χ3v) is 7.99. The predicted octanol–water partition coefficient (Wildman–Crippen LogP) is 4.40. The van der Waals surface area contributed by atoms with Gasteiger partial charge in [0, 0.05) is 38.6 Å². The van der Waals surface area contributed by atoms with E-state index in [1.807, 2.05) is 55.0 Å². The van der Waals surface area contributed by atoms with Crippen molar-refractivity contribution in [1.82, 2.24) is 5.32 Å². The van der Waals surface area contributed by atoms with Gasteiger partial charge < -0.3 is 14.8 Å². The average molecular weight is 484 g/mol. The van der Waals surface area contributed by atoms with Gasteiger partial charge in [0.2, 0.25) is 0 Å². The summed E-state index contributed by atoms with van der Waals surface area (Å²) in [7, 11) is 2.62. The Labute approximate surface area is 201 Å². The molecular weight excluding hydrogens is 458 g/mol. The number of esters is 2. The number of carbonyl (C=O) groups excluding carboxylic acids is 3. The molecule has 2 aliphatic rings. The molecule has 0 spiro atoms. The summed E-state index contributed by atoms with van der Waals surface area (Å²) in [6.45, 7) is 1.82. The van der Waals surface area contributed by atoms with Crippen molar-refractivity contribution in [2.24, 2.45) is 5.92 Å². The fraction of sp³-hybridized carbons (Fsp3) is 0.320. The minimum atomic E-state index is -0.973. The maximum atomic E-state index is 14.0. The lowest BCUT2D eigenvalue weighted by molar-refractivity contribution is -0.149. The Kier molecular flexibility index (Phi) is 6.76. The molecule has 1 aliphatic carbocycles. The van der Waals surface area contributed by atoms with Crippen LogP contribution >= 0.6 is 23.1 Å². The van der Waals surface area contributed by atoms with Crippen molar-refractivity contribution in [3.8, 4) is 0 Å². The van der Waals surface area contributed by atoms with E-state index in [2.05, 4.69) is 5.32 Å². The number of nitrogens with one attached hydrogen (secondary N) is 1. The molecule has 1 aliphatic heterocycles. The molecule has 2 heterocycles. The second kappa shape index (κ2) is 9.57. The highest BCUT2D eigenvalue weighted by Gasteiger charge is 2.49. The minimum Gasteiger partial charge on any atom is -0.468 e. The zero-order valence-electron chi connectivity index (χ0n) is 18.8. The number of ketones is 1. The van der Waals surface area contributed by atoms with Crippen molar-refractivity contribution in [2.75, 3.05) is 20.5 Å². The summed E-state index contributed by atoms with van der Waals surface area (Å²) >= 11 is 3.13. The molecule has 1 aromatic carbocycles. The quantitative estimate of drug-likeness (QED) is 0.383. The average Bonchev–Trinajstić information content (AvgIpc) is 3.37. The van der Waals surface area contributed by atoms with Gasteiger partial charge in [0.15, 0.2) is 5.78 Å². The molecule has 0 radical (unpaired) electrons. The number of ether oxygens (including phenoxy) is 2. The molecule has 8 heteroatoms. The van der Waals surface area contributed by atoms with E-state index in [1.165, 1.54) is 25.6 Å². The standard InChI is InChI=1S/C25H25NO5S2/c1-13-19(24(28)30-2)20(14-7-9-15(32-4)10-8-14)22-17(26-13)12-16(18-6-5-11-33-18)21(23(22)27)25(29)31-3/h5-11,16,20-21,26H,12H2,1-4H3/t16-,20-,21+/m1/s1. The number of thiophene rings is 1. The van der Waals surface area contributed by atoms with Gasteiger partial charge in [-0.15, -0.1) is 23.1 Å². The van der Waals surface area contributed by atoms with Crippen LogP contribution in [0.3, 0.4) is 0 Å². The van der Waals surface area contributed by atoms with Crippen LogP contribution in [0.1, 0.15) is 35.6 Å². The number of hydrogen-bond acceptors (Lipinski definition) is 8. The third-order valence-electron chi connectivity index (χ3n) is 6.24. The van der Waals surface area contributed by atoms with E-state index in [1.54, 1.807) is 11.8 Å². The Morgan fingerprint density at radius 3 is 2.42 bits per heavy atom. The number of methoxy groups -OCH3 is 2. The molecule has 6 nitrogen and oxygen atoms in total. The molecule has 172 valence electrons. The van der Waals surface area contributed by atoms with Crippen molar-refractivity contribution in [2.45, 2.75) is 30.1 Å². The molecule has 0 amide bonds. The molecule has 2 aromatic rings. The lowest BCUT2D eigenvalue weighted by Crippen LogP contribution is -2.43. The van der Waals surface area contributed by atoms with Crippen LogP contribution in [-0.2, 0) is 23.9 Å². The predicted molar refractivity (Wildman–Crippen MR) is 128 cm³/mol. The number of carbonyl (C=O) groups is 3. The van der Waals surface area contributed by atoms with E-state index in [4.69, 9.17) is 9.47 Å². The maximum absolute atomic E-state index is 14.0. The second-order valence-corrected chi connectivity index (χ2v) is 9.80. The normalized spacial score (nSPS) is 22.5. The van der Waals surface area contributed by atoms with Crippen LogP contribution < -0.4 is 5.32 Å². The molecular formula is C25H25NO5S2. The number of dihydropyridines is 1. The van der Waals surface area contributed by atoms with Crippen molar-refractivity contribution in [3.05, 3.63) is 74.8 Å². The van der Waals surface area contributed by atoms with E-state index in [9.17, 15) is 14.4 Å². The first-order valence-corrected chi connectivity index (χ1v) is 12.6. The summed E-state index contributed by atoms with van der Waals surface area (Å²) in [5.74, 6) is -3.32. The van der Waals surface area contributed by atoms with Crippen LogP contribution in [0, 0.1) is 5.92 Å². The Morgan fingerprint density at radius 1 is 1.12 bits per heavy atom. The van der Waals surface area contributed by atoms with Crippen LogP contribution in [0.15, 0.2) is 69.2 Å². The molecule has 0 fully saturated rings. The topological polar surface area (TPSA) is 81.7 Å². The van der Waals surface area contributed by atoms with Gasteiger partial charge in [-0.25, -0.2) is 4.79 Å². The molecule has 1 N–H and O–H groups in total. The largest absolute Gasteiger partial charge is 0.468 e. The Hall–Kier alpha value is -2.84. The highest BCUT2D eigenvalue weighted by Crippen LogP contribution is 2.48. The van der Waals surface area contributed by atoms with E-state index in [0.29, 0.717) is 23.3 Å². The van der Waals surface area contributed by atoms with Crippen molar-refractivity contribution >= 4 is 40.8 Å². The van der Waals surface area contributed by atoms with Gasteiger partial charge in [-0.3, -0.25) is 9.59 Å². The van der Waals surface area contributed by atoms with Gasteiger partial charge in [-0.05, 0) is 48.7 Å². The van der Waals surface area contributed by atoms with Crippen LogP contribution in [0.25, 0.3) is 0 Å². The fourth-order valence-corrected chi connectivity index (χ4v) is 5.99. The van der Waals surface area contributed by atoms with Gasteiger partial charge in [0.1, 0.15) is 5.92 Å². The monoisotopic (exact) mass is 483 g/mol. The number of Topliss-reactive ketones (excluding diaryl/α,β-unsaturated/α-hetero) is 1. The second-order valence-electron chi connectivity index (χ2n) is 7.94. The van der Waals surface area contributed by atoms with Crippen molar-refractivity contribution in [3.63, 3.8) is 0 Å². The van der Waals surface area contributed by atoms with Gasteiger partial charge >= 0.3 is 11.9 Å². The first-order chi connectivity index (χ1) is 15.9. The van der Waals surface area contributed by atoms with Gasteiger partial charge in [-0.2, -0.15) is 0 Å². The van der Waals surface area contributed by atoms with Crippen LogP contribution in [0.5, 0.6) is 0 Å². The summed E-state index contributed by atoms with van der Waals surface area (Å²) in [6, 6.07) is 11.6. The number of hydrogen-bond donors (Lipinski definition) is 1. The highest BCUT2D eigenvalue weighted by atomic mass is 32.2. The van der Waals surface area contributed by atoms with E-state index >= 15 is 0 Å². The molecule has 0 saturated heterocycles. The molecule has 0 unspecified atom stereocenters. The Balaban J connectivity index is 1.89. The smallest absolute Gasteiger partial charge is 0.336 e. The van der Waals surface area contributed by atoms with E-state index in [0.717, 1.165) is 21.0 Å². The fourth-order valence-electron chi connectivity index (χ4n) is 4.71. The van der Waals surface area contributed by atoms with E-state index < -0.39 is 23.8 Å². The maximum Gasteiger partial charge on any atom is 0.336 e. The first-order valence-electron chi connectivity index (χ1n) is 10.5. The van der Waals surface area contributed by atoms with E-state index in [-0.39, 0.29) is 11.7 Å². The molecule has 1 aromatic heterocycles. The number of thioether (sulfide) groups is 1. The number of allylic oxidation sites excluding steroid dienone is 3. The molecule has 4 rings (SSSR count). The Bertz CT molecular complexity index is 1150. The Morgan fingerprint density at radius 2 is 1.85 bits per heavy atom. The van der Waals surface area contributed by atoms with Gasteiger partial charge in [0.05, 0.1) is 19.8 Å². The third kappa shape index (κ3) is 4.13. The molecule has 0 saturated carbocycles. The first kappa shape index (κ1) is 23.3. The lowest BCUT2D eigenvalue weighted by atomic mass is 9.68. The zero-order chi connectivity index (χ0) is 23.7. The molecule has 0 bridgehead atoms.